The van der Waals surface area contributed by atoms with Crippen LogP contribution in [0.5, 0.6) is 0 Å². The lowest BCUT2D eigenvalue weighted by atomic mass is 9.92. The molecule has 0 saturated carbocycles. The first-order valence-corrected chi connectivity index (χ1v) is 8.91. The Hall–Kier alpha value is -0.450. The van der Waals surface area contributed by atoms with E-state index in [-0.39, 0.29) is 0 Å². The minimum Gasteiger partial charge on any atom is -0.309 e. The minimum absolute atomic E-state index is 0.448. The van der Waals surface area contributed by atoms with Crippen LogP contribution in [-0.4, -0.2) is 35.6 Å². The first-order valence-electron chi connectivity index (χ1n) is 8.10. The SMILES string of the molecule is CCCNC(C)c1cnc(C2CC3CCC(C2)N3C)s1. The molecule has 4 heteroatoms. The number of nitrogens with one attached hydrogen (secondary N) is 1. The number of aromatic nitrogens is 1. The predicted molar refractivity (Wildman–Crippen MR) is 85.4 cm³/mol. The van der Waals surface area contributed by atoms with Crippen molar-refractivity contribution in [2.75, 3.05) is 13.6 Å². The van der Waals surface area contributed by atoms with Gasteiger partial charge in [0.15, 0.2) is 0 Å². The van der Waals surface area contributed by atoms with Crippen LogP contribution in [-0.2, 0) is 0 Å². The lowest BCUT2D eigenvalue weighted by Crippen LogP contribution is -2.39. The van der Waals surface area contributed by atoms with Crippen LogP contribution in [0, 0.1) is 0 Å². The molecule has 0 radical (unpaired) electrons. The molecule has 112 valence electrons. The number of rotatable bonds is 5. The fourth-order valence-corrected chi connectivity index (χ4v) is 4.84. The molecule has 0 aromatic carbocycles. The van der Waals surface area contributed by atoms with Crippen LogP contribution in [0.2, 0.25) is 0 Å². The summed E-state index contributed by atoms with van der Waals surface area (Å²) < 4.78 is 0. The van der Waals surface area contributed by atoms with E-state index in [0.717, 1.165) is 18.6 Å². The van der Waals surface area contributed by atoms with E-state index in [0.29, 0.717) is 12.0 Å². The summed E-state index contributed by atoms with van der Waals surface area (Å²) in [6, 6.07) is 2.06. The Kier molecular flexibility index (Phi) is 4.43. The standard InChI is InChI=1S/C16H27N3S/c1-4-7-17-11(2)15-10-18-16(20-15)12-8-13-5-6-14(9-12)19(13)3/h10-14,17H,4-9H2,1-3H3. The highest BCUT2D eigenvalue weighted by molar-refractivity contribution is 7.11. The average molecular weight is 293 g/mol. The maximum atomic E-state index is 4.75. The lowest BCUT2D eigenvalue weighted by Gasteiger charge is -2.35. The summed E-state index contributed by atoms with van der Waals surface area (Å²) in [4.78, 5) is 8.76. The average Bonchev–Trinajstić information content (AvgIpc) is 2.99. The Morgan fingerprint density at radius 2 is 2.10 bits per heavy atom. The molecule has 1 aromatic rings. The van der Waals surface area contributed by atoms with Crippen molar-refractivity contribution in [2.45, 2.75) is 70.0 Å². The third kappa shape index (κ3) is 2.78. The Labute approximate surface area is 126 Å². The van der Waals surface area contributed by atoms with Crippen molar-refractivity contribution in [1.29, 1.82) is 0 Å². The summed E-state index contributed by atoms with van der Waals surface area (Å²) in [5, 5.41) is 4.95. The molecule has 0 amide bonds. The minimum atomic E-state index is 0.448. The van der Waals surface area contributed by atoms with Crippen LogP contribution in [0.15, 0.2) is 6.20 Å². The second-order valence-corrected chi connectivity index (χ2v) is 7.59. The Morgan fingerprint density at radius 3 is 2.75 bits per heavy atom. The fourth-order valence-electron chi connectivity index (χ4n) is 3.76. The molecular weight excluding hydrogens is 266 g/mol. The predicted octanol–water partition coefficient (Wildman–Crippen LogP) is 3.54. The highest BCUT2D eigenvalue weighted by Crippen LogP contribution is 2.43. The van der Waals surface area contributed by atoms with E-state index < -0.39 is 0 Å². The maximum absolute atomic E-state index is 4.75. The van der Waals surface area contributed by atoms with E-state index in [1.165, 1.54) is 42.0 Å². The summed E-state index contributed by atoms with van der Waals surface area (Å²) >= 11 is 1.94. The molecule has 0 aliphatic carbocycles. The molecule has 3 unspecified atom stereocenters. The number of nitrogens with zero attached hydrogens (tertiary/aromatic N) is 2. The summed E-state index contributed by atoms with van der Waals surface area (Å²) in [6.45, 7) is 5.56. The van der Waals surface area contributed by atoms with Crippen molar-refractivity contribution in [3.8, 4) is 0 Å². The Bertz CT molecular complexity index is 431. The van der Waals surface area contributed by atoms with Gasteiger partial charge in [-0.05, 0) is 52.6 Å². The van der Waals surface area contributed by atoms with Crippen LogP contribution >= 0.6 is 11.3 Å². The number of fused-ring (bicyclic) bond motifs is 2. The molecule has 2 saturated heterocycles. The first kappa shape index (κ1) is 14.5. The van der Waals surface area contributed by atoms with Crippen LogP contribution in [0.4, 0.5) is 0 Å². The molecule has 3 heterocycles. The van der Waals surface area contributed by atoms with Gasteiger partial charge in [0.25, 0.3) is 0 Å². The molecule has 2 aliphatic heterocycles. The van der Waals surface area contributed by atoms with Crippen molar-refractivity contribution >= 4 is 11.3 Å². The van der Waals surface area contributed by atoms with Crippen LogP contribution in [0.25, 0.3) is 0 Å². The Balaban J connectivity index is 1.65. The summed E-state index contributed by atoms with van der Waals surface area (Å²) in [5.74, 6) is 0.709. The van der Waals surface area contributed by atoms with Gasteiger partial charge in [0.1, 0.15) is 0 Å². The highest BCUT2D eigenvalue weighted by atomic mass is 32.1. The molecule has 2 aliphatic rings. The number of hydrogen-bond donors (Lipinski definition) is 1. The van der Waals surface area contributed by atoms with Gasteiger partial charge in [-0.15, -0.1) is 11.3 Å². The van der Waals surface area contributed by atoms with E-state index in [1.807, 2.05) is 11.3 Å². The van der Waals surface area contributed by atoms with Gasteiger partial charge in [-0.2, -0.15) is 0 Å². The van der Waals surface area contributed by atoms with E-state index >= 15 is 0 Å². The third-order valence-electron chi connectivity index (χ3n) is 5.12. The van der Waals surface area contributed by atoms with Gasteiger partial charge in [0, 0.05) is 35.1 Å². The normalized spacial score (nSPS) is 31.6. The zero-order valence-corrected chi connectivity index (χ0v) is 13.7. The van der Waals surface area contributed by atoms with Crippen LogP contribution < -0.4 is 5.32 Å². The van der Waals surface area contributed by atoms with Crippen molar-refractivity contribution in [2.24, 2.45) is 0 Å². The Morgan fingerprint density at radius 1 is 1.40 bits per heavy atom. The van der Waals surface area contributed by atoms with Gasteiger partial charge in [0.05, 0.1) is 5.01 Å². The lowest BCUT2D eigenvalue weighted by molar-refractivity contribution is 0.161. The number of piperidine rings is 1. The maximum Gasteiger partial charge on any atom is 0.0960 e. The number of thiazole rings is 1. The van der Waals surface area contributed by atoms with Crippen molar-refractivity contribution in [3.63, 3.8) is 0 Å². The van der Waals surface area contributed by atoms with E-state index in [1.54, 1.807) is 0 Å². The van der Waals surface area contributed by atoms with Gasteiger partial charge in [-0.3, -0.25) is 0 Å². The van der Waals surface area contributed by atoms with Crippen molar-refractivity contribution in [1.82, 2.24) is 15.2 Å². The molecular formula is C16H27N3S. The zero-order valence-electron chi connectivity index (χ0n) is 12.9. The summed E-state index contributed by atoms with van der Waals surface area (Å²) in [6.07, 6.45) is 8.71. The van der Waals surface area contributed by atoms with Crippen molar-refractivity contribution < 1.29 is 0 Å². The van der Waals surface area contributed by atoms with Gasteiger partial charge < -0.3 is 10.2 Å². The van der Waals surface area contributed by atoms with Gasteiger partial charge in [-0.25, -0.2) is 4.98 Å². The summed E-state index contributed by atoms with van der Waals surface area (Å²) in [7, 11) is 2.31. The molecule has 1 aromatic heterocycles. The monoisotopic (exact) mass is 293 g/mol. The van der Waals surface area contributed by atoms with Gasteiger partial charge in [-0.1, -0.05) is 6.92 Å². The quantitative estimate of drug-likeness (QED) is 0.900. The van der Waals surface area contributed by atoms with Crippen LogP contribution in [0.3, 0.4) is 0 Å². The highest BCUT2D eigenvalue weighted by Gasteiger charge is 2.39. The van der Waals surface area contributed by atoms with E-state index in [9.17, 15) is 0 Å². The first-order chi connectivity index (χ1) is 9.69. The fraction of sp³-hybridized carbons (Fsp3) is 0.812. The second kappa shape index (κ2) is 6.12. The number of hydrogen-bond acceptors (Lipinski definition) is 4. The molecule has 1 N–H and O–H groups in total. The van der Waals surface area contributed by atoms with Gasteiger partial charge >= 0.3 is 0 Å². The van der Waals surface area contributed by atoms with Crippen LogP contribution in [0.1, 0.15) is 67.8 Å². The van der Waals surface area contributed by atoms with Gasteiger partial charge in [0.2, 0.25) is 0 Å². The largest absolute Gasteiger partial charge is 0.309 e. The molecule has 20 heavy (non-hydrogen) atoms. The van der Waals surface area contributed by atoms with E-state index in [4.69, 9.17) is 4.98 Å². The smallest absolute Gasteiger partial charge is 0.0960 e. The second-order valence-electron chi connectivity index (χ2n) is 6.50. The van der Waals surface area contributed by atoms with E-state index in [2.05, 4.69) is 37.3 Å². The molecule has 2 bridgehead atoms. The topological polar surface area (TPSA) is 28.2 Å². The third-order valence-corrected chi connectivity index (χ3v) is 6.46. The molecule has 3 rings (SSSR count). The molecule has 2 fully saturated rings. The molecule has 0 spiro atoms. The summed E-state index contributed by atoms with van der Waals surface area (Å²) in [5.41, 5.74) is 0. The van der Waals surface area contributed by atoms with Crippen molar-refractivity contribution in [3.05, 3.63) is 16.1 Å². The molecule has 3 atom stereocenters. The zero-order chi connectivity index (χ0) is 14.1. The molecule has 3 nitrogen and oxygen atoms in total.